The molecule has 0 saturated carbocycles. The average molecular weight is 404 g/mol. The summed E-state index contributed by atoms with van der Waals surface area (Å²) in [5.41, 5.74) is 1.83. The highest BCUT2D eigenvalue weighted by atomic mass is 35.5. The number of pyridine rings is 1. The second kappa shape index (κ2) is 10.8. The zero-order valence-corrected chi connectivity index (χ0v) is 16.6. The van der Waals surface area contributed by atoms with Gasteiger partial charge in [-0.25, -0.2) is 0 Å². The van der Waals surface area contributed by atoms with Gasteiger partial charge in [-0.2, -0.15) is 0 Å². The van der Waals surface area contributed by atoms with Crippen molar-refractivity contribution in [1.29, 1.82) is 0 Å². The number of hydrogen-bond acceptors (Lipinski definition) is 5. The topological polar surface area (TPSA) is 86.4 Å². The SMILES string of the molecule is CNC(=O)C(NC(=O)CN1CCNCC1c1cccnc1)c1ccccc1.Cl. The fourth-order valence-corrected chi connectivity index (χ4v) is 3.32. The molecule has 0 aliphatic carbocycles. The second-order valence-corrected chi connectivity index (χ2v) is 6.50. The van der Waals surface area contributed by atoms with Gasteiger partial charge in [0, 0.05) is 45.1 Å². The molecular weight excluding hydrogens is 378 g/mol. The number of halogens is 1. The van der Waals surface area contributed by atoms with Gasteiger partial charge in [0.25, 0.3) is 0 Å². The van der Waals surface area contributed by atoms with Gasteiger partial charge < -0.3 is 16.0 Å². The number of benzene rings is 1. The Balaban J connectivity index is 0.00000280. The minimum Gasteiger partial charge on any atom is -0.357 e. The van der Waals surface area contributed by atoms with Gasteiger partial charge in [-0.05, 0) is 17.2 Å². The maximum atomic E-state index is 12.7. The van der Waals surface area contributed by atoms with Crippen molar-refractivity contribution in [3.63, 3.8) is 0 Å². The summed E-state index contributed by atoms with van der Waals surface area (Å²) in [6, 6.07) is 12.6. The van der Waals surface area contributed by atoms with Crippen LogP contribution in [-0.4, -0.2) is 54.9 Å². The Hall–Kier alpha value is -2.48. The third kappa shape index (κ3) is 5.51. The first-order valence-electron chi connectivity index (χ1n) is 9.09. The van der Waals surface area contributed by atoms with Crippen LogP contribution in [0.5, 0.6) is 0 Å². The predicted octanol–water partition coefficient (Wildman–Crippen LogP) is 1.05. The molecule has 1 saturated heterocycles. The zero-order valence-electron chi connectivity index (χ0n) is 15.8. The Kier molecular flexibility index (Phi) is 8.38. The fourth-order valence-electron chi connectivity index (χ4n) is 3.32. The Morgan fingerprint density at radius 3 is 2.71 bits per heavy atom. The highest BCUT2D eigenvalue weighted by Crippen LogP contribution is 2.21. The number of likely N-dealkylation sites (N-methyl/N-ethyl adjacent to an activating group) is 1. The van der Waals surface area contributed by atoms with Crippen LogP contribution in [0.1, 0.15) is 23.2 Å². The number of carbonyl (C=O) groups is 2. The van der Waals surface area contributed by atoms with Crippen LogP contribution in [0.15, 0.2) is 54.9 Å². The van der Waals surface area contributed by atoms with Crippen LogP contribution in [0.3, 0.4) is 0 Å². The summed E-state index contributed by atoms with van der Waals surface area (Å²) < 4.78 is 0. The van der Waals surface area contributed by atoms with Gasteiger partial charge in [-0.15, -0.1) is 12.4 Å². The largest absolute Gasteiger partial charge is 0.357 e. The molecule has 0 radical (unpaired) electrons. The van der Waals surface area contributed by atoms with Gasteiger partial charge in [-0.1, -0.05) is 36.4 Å². The van der Waals surface area contributed by atoms with E-state index in [4.69, 9.17) is 0 Å². The van der Waals surface area contributed by atoms with E-state index in [1.807, 2.05) is 48.7 Å². The monoisotopic (exact) mass is 403 g/mol. The first-order valence-corrected chi connectivity index (χ1v) is 9.09. The average Bonchev–Trinajstić information content (AvgIpc) is 2.73. The van der Waals surface area contributed by atoms with E-state index in [2.05, 4.69) is 25.8 Å². The highest BCUT2D eigenvalue weighted by molar-refractivity contribution is 5.89. The Bertz CT molecular complexity index is 760. The number of hydrogen-bond donors (Lipinski definition) is 3. The Labute approximate surface area is 171 Å². The van der Waals surface area contributed by atoms with E-state index in [0.717, 1.165) is 30.8 Å². The molecule has 1 fully saturated rings. The molecule has 2 amide bonds. The summed E-state index contributed by atoms with van der Waals surface area (Å²) in [6.07, 6.45) is 3.57. The van der Waals surface area contributed by atoms with E-state index in [0.29, 0.717) is 0 Å². The van der Waals surface area contributed by atoms with E-state index in [1.165, 1.54) is 0 Å². The lowest BCUT2D eigenvalue weighted by Gasteiger charge is -2.36. The van der Waals surface area contributed by atoms with Crippen molar-refractivity contribution in [1.82, 2.24) is 25.8 Å². The Morgan fingerprint density at radius 1 is 1.25 bits per heavy atom. The molecule has 2 atom stereocenters. The maximum absolute atomic E-state index is 12.7. The first kappa shape index (κ1) is 21.8. The van der Waals surface area contributed by atoms with Crippen LogP contribution >= 0.6 is 12.4 Å². The van der Waals surface area contributed by atoms with Crippen molar-refractivity contribution in [2.24, 2.45) is 0 Å². The number of rotatable bonds is 6. The molecule has 1 aromatic carbocycles. The minimum atomic E-state index is -0.705. The molecule has 2 heterocycles. The van der Waals surface area contributed by atoms with Crippen LogP contribution in [0, 0.1) is 0 Å². The quantitative estimate of drug-likeness (QED) is 0.671. The number of nitrogens with zero attached hydrogens (tertiary/aromatic N) is 2. The molecule has 8 heteroatoms. The summed E-state index contributed by atoms with van der Waals surface area (Å²) >= 11 is 0. The van der Waals surface area contributed by atoms with E-state index in [-0.39, 0.29) is 36.8 Å². The third-order valence-electron chi connectivity index (χ3n) is 4.72. The molecule has 3 N–H and O–H groups in total. The lowest BCUT2D eigenvalue weighted by molar-refractivity contribution is -0.130. The van der Waals surface area contributed by atoms with Crippen LogP contribution in [0.2, 0.25) is 0 Å². The molecule has 7 nitrogen and oxygen atoms in total. The van der Waals surface area contributed by atoms with Crippen molar-refractivity contribution >= 4 is 24.2 Å². The zero-order chi connectivity index (χ0) is 19.1. The van der Waals surface area contributed by atoms with Crippen molar-refractivity contribution in [3.05, 3.63) is 66.0 Å². The van der Waals surface area contributed by atoms with Gasteiger partial charge in [0.2, 0.25) is 11.8 Å². The Morgan fingerprint density at radius 2 is 2.04 bits per heavy atom. The molecule has 2 aromatic rings. The lowest BCUT2D eigenvalue weighted by atomic mass is 10.0. The van der Waals surface area contributed by atoms with E-state index in [1.54, 1.807) is 13.2 Å². The van der Waals surface area contributed by atoms with E-state index < -0.39 is 6.04 Å². The third-order valence-corrected chi connectivity index (χ3v) is 4.72. The molecule has 3 rings (SSSR count). The van der Waals surface area contributed by atoms with Gasteiger partial charge >= 0.3 is 0 Å². The highest BCUT2D eigenvalue weighted by Gasteiger charge is 2.28. The number of aromatic nitrogens is 1. The van der Waals surface area contributed by atoms with Crippen molar-refractivity contribution in [2.45, 2.75) is 12.1 Å². The van der Waals surface area contributed by atoms with Crippen LogP contribution in [-0.2, 0) is 9.59 Å². The normalized spacial score (nSPS) is 17.8. The minimum absolute atomic E-state index is 0. The molecule has 28 heavy (non-hydrogen) atoms. The number of nitrogens with one attached hydrogen (secondary N) is 3. The smallest absolute Gasteiger partial charge is 0.246 e. The van der Waals surface area contributed by atoms with Crippen molar-refractivity contribution < 1.29 is 9.59 Å². The van der Waals surface area contributed by atoms with Gasteiger partial charge in [0.05, 0.1) is 6.54 Å². The maximum Gasteiger partial charge on any atom is 0.246 e. The first-order chi connectivity index (χ1) is 13.2. The van der Waals surface area contributed by atoms with Crippen molar-refractivity contribution in [2.75, 3.05) is 33.2 Å². The van der Waals surface area contributed by atoms with E-state index in [9.17, 15) is 9.59 Å². The summed E-state index contributed by atoms with van der Waals surface area (Å²) in [7, 11) is 1.57. The van der Waals surface area contributed by atoms with Crippen LogP contribution in [0.4, 0.5) is 0 Å². The number of carbonyl (C=O) groups excluding carboxylic acids is 2. The summed E-state index contributed by atoms with van der Waals surface area (Å²) in [5.74, 6) is -0.415. The summed E-state index contributed by atoms with van der Waals surface area (Å²) in [5, 5.41) is 8.86. The molecule has 2 unspecified atom stereocenters. The second-order valence-electron chi connectivity index (χ2n) is 6.50. The fraction of sp³-hybridized carbons (Fsp3) is 0.350. The molecule has 0 bridgehead atoms. The predicted molar refractivity (Wildman–Crippen MR) is 110 cm³/mol. The summed E-state index contributed by atoms with van der Waals surface area (Å²) in [4.78, 5) is 31.3. The van der Waals surface area contributed by atoms with Gasteiger partial charge in [0.1, 0.15) is 6.04 Å². The molecule has 1 aliphatic rings. The standard InChI is InChI=1S/C20H25N5O2.ClH/c1-21-20(27)19(15-6-3-2-4-7-15)24-18(26)14-25-11-10-23-13-17(25)16-8-5-9-22-12-16;/h2-9,12,17,19,23H,10-11,13-14H2,1H3,(H,21,27)(H,24,26);1H. The summed E-state index contributed by atoms with van der Waals surface area (Å²) in [6.45, 7) is 2.56. The van der Waals surface area contributed by atoms with Crippen molar-refractivity contribution in [3.8, 4) is 0 Å². The molecular formula is C20H26ClN5O2. The molecule has 150 valence electrons. The van der Waals surface area contributed by atoms with Gasteiger partial charge in [0.15, 0.2) is 0 Å². The lowest BCUT2D eigenvalue weighted by Crippen LogP contribution is -2.50. The molecule has 0 spiro atoms. The van der Waals surface area contributed by atoms with Crippen LogP contribution in [0.25, 0.3) is 0 Å². The number of piperazine rings is 1. The van der Waals surface area contributed by atoms with Gasteiger partial charge in [-0.3, -0.25) is 19.5 Å². The molecule has 1 aromatic heterocycles. The van der Waals surface area contributed by atoms with E-state index >= 15 is 0 Å². The van der Waals surface area contributed by atoms with Crippen LogP contribution < -0.4 is 16.0 Å². The number of amides is 2. The molecule has 1 aliphatic heterocycles.